The molecule has 0 bridgehead atoms. The second kappa shape index (κ2) is 6.34. The van der Waals surface area contributed by atoms with Crippen molar-refractivity contribution in [3.05, 3.63) is 21.4 Å². The van der Waals surface area contributed by atoms with Crippen molar-refractivity contribution in [3.8, 4) is 0 Å². The van der Waals surface area contributed by atoms with Crippen LogP contribution in [0.3, 0.4) is 0 Å². The van der Waals surface area contributed by atoms with Crippen molar-refractivity contribution in [2.45, 2.75) is 45.6 Å². The van der Waals surface area contributed by atoms with E-state index >= 15 is 0 Å². The molecule has 1 amide bonds. The molecule has 1 aromatic rings. The van der Waals surface area contributed by atoms with Crippen molar-refractivity contribution in [2.24, 2.45) is 11.7 Å². The fraction of sp³-hybridized carbons (Fsp3) is 0.643. The maximum absolute atomic E-state index is 11.9. The summed E-state index contributed by atoms with van der Waals surface area (Å²) in [5.74, 6) is 0.0784. The third-order valence-corrected chi connectivity index (χ3v) is 4.76. The van der Waals surface area contributed by atoms with Gasteiger partial charge in [0.2, 0.25) is 5.91 Å². The zero-order chi connectivity index (χ0) is 13.0. The van der Waals surface area contributed by atoms with Crippen LogP contribution in [0.2, 0.25) is 0 Å². The van der Waals surface area contributed by atoms with Gasteiger partial charge in [-0.2, -0.15) is 0 Å². The minimum Gasteiger partial charge on any atom is -0.351 e. The maximum atomic E-state index is 11.9. The number of aryl methyl sites for hydroxylation is 2. The molecule has 3 nitrogen and oxygen atoms in total. The smallest absolute Gasteiger partial charge is 0.224 e. The highest BCUT2D eigenvalue weighted by molar-refractivity contribution is 7.12. The van der Waals surface area contributed by atoms with Crippen molar-refractivity contribution in [1.29, 1.82) is 0 Å². The predicted molar refractivity (Wildman–Crippen MR) is 75.6 cm³/mol. The molecule has 100 valence electrons. The Balaban J connectivity index is 1.84. The van der Waals surface area contributed by atoms with E-state index in [4.69, 9.17) is 5.73 Å². The van der Waals surface area contributed by atoms with Gasteiger partial charge in [0.05, 0.1) is 12.5 Å². The van der Waals surface area contributed by atoms with E-state index in [1.54, 1.807) is 0 Å². The number of carbonyl (C=O) groups is 1. The summed E-state index contributed by atoms with van der Waals surface area (Å²) in [6.45, 7) is 3.19. The lowest BCUT2D eigenvalue weighted by molar-refractivity contribution is -0.125. The highest BCUT2D eigenvalue weighted by Crippen LogP contribution is 2.30. The predicted octanol–water partition coefficient (Wildman–Crippen LogP) is 2.23. The lowest BCUT2D eigenvalue weighted by Gasteiger charge is -2.13. The van der Waals surface area contributed by atoms with E-state index in [2.05, 4.69) is 18.3 Å². The Hall–Kier alpha value is -0.870. The van der Waals surface area contributed by atoms with Gasteiger partial charge in [0.15, 0.2) is 0 Å². The standard InChI is InChI=1S/C14H22N2OS/c1-2-4-11(8-15)14(17)16-9-12-7-10-5-3-6-13(10)18-12/h7,11H,2-6,8-9,15H2,1H3,(H,16,17). The summed E-state index contributed by atoms with van der Waals surface area (Å²) >= 11 is 1.85. The molecule has 0 radical (unpaired) electrons. The minimum absolute atomic E-state index is 0.0261. The van der Waals surface area contributed by atoms with Gasteiger partial charge in [-0.05, 0) is 37.3 Å². The molecular weight excluding hydrogens is 244 g/mol. The number of thiophene rings is 1. The lowest BCUT2D eigenvalue weighted by atomic mass is 10.0. The van der Waals surface area contributed by atoms with E-state index in [0.717, 1.165) is 12.8 Å². The monoisotopic (exact) mass is 266 g/mol. The molecule has 0 saturated carbocycles. The highest BCUT2D eigenvalue weighted by Gasteiger charge is 2.17. The summed E-state index contributed by atoms with van der Waals surface area (Å²) in [7, 11) is 0. The minimum atomic E-state index is -0.0261. The number of rotatable bonds is 6. The van der Waals surface area contributed by atoms with Crippen molar-refractivity contribution in [3.63, 3.8) is 0 Å². The first kappa shape index (κ1) is 13.6. The van der Waals surface area contributed by atoms with Crippen LogP contribution < -0.4 is 11.1 Å². The van der Waals surface area contributed by atoms with Crippen LogP contribution in [-0.4, -0.2) is 12.5 Å². The molecule has 0 fully saturated rings. The van der Waals surface area contributed by atoms with Crippen LogP contribution in [0, 0.1) is 5.92 Å². The first-order valence-corrected chi connectivity index (χ1v) is 7.64. The van der Waals surface area contributed by atoms with Crippen molar-refractivity contribution in [2.75, 3.05) is 6.54 Å². The number of hydrogen-bond donors (Lipinski definition) is 2. The molecule has 1 aliphatic carbocycles. The first-order chi connectivity index (χ1) is 8.74. The van der Waals surface area contributed by atoms with Crippen molar-refractivity contribution >= 4 is 17.2 Å². The van der Waals surface area contributed by atoms with Crippen LogP contribution >= 0.6 is 11.3 Å². The molecule has 2 rings (SSSR count). The Bertz CT molecular complexity index is 392. The Morgan fingerprint density at radius 2 is 2.39 bits per heavy atom. The van der Waals surface area contributed by atoms with Gasteiger partial charge >= 0.3 is 0 Å². The quantitative estimate of drug-likeness (QED) is 0.829. The molecule has 3 N–H and O–H groups in total. The zero-order valence-electron chi connectivity index (χ0n) is 11.0. The molecular formula is C14H22N2OS. The fourth-order valence-corrected chi connectivity index (χ4v) is 3.70. The van der Waals surface area contributed by atoms with Crippen LogP contribution in [-0.2, 0) is 24.2 Å². The summed E-state index contributed by atoms with van der Waals surface area (Å²) in [5.41, 5.74) is 7.12. The summed E-state index contributed by atoms with van der Waals surface area (Å²) in [5, 5.41) is 3.01. The highest BCUT2D eigenvalue weighted by atomic mass is 32.1. The summed E-state index contributed by atoms with van der Waals surface area (Å²) in [6.07, 6.45) is 5.60. The molecule has 4 heteroatoms. The summed E-state index contributed by atoms with van der Waals surface area (Å²) < 4.78 is 0. The number of nitrogens with one attached hydrogen (secondary N) is 1. The molecule has 18 heavy (non-hydrogen) atoms. The van der Waals surface area contributed by atoms with E-state index in [1.807, 2.05) is 11.3 Å². The van der Waals surface area contributed by atoms with Gasteiger partial charge in [-0.3, -0.25) is 4.79 Å². The summed E-state index contributed by atoms with van der Waals surface area (Å²) in [6, 6.07) is 2.25. The number of carbonyl (C=O) groups excluding carboxylic acids is 1. The third-order valence-electron chi connectivity index (χ3n) is 3.53. The largest absolute Gasteiger partial charge is 0.351 e. The van der Waals surface area contributed by atoms with Gasteiger partial charge in [-0.15, -0.1) is 11.3 Å². The molecule has 0 saturated heterocycles. The van der Waals surface area contributed by atoms with Gasteiger partial charge in [0.1, 0.15) is 0 Å². The fourth-order valence-electron chi connectivity index (χ4n) is 2.50. The van der Waals surface area contributed by atoms with E-state index in [9.17, 15) is 4.79 Å². The van der Waals surface area contributed by atoms with E-state index in [0.29, 0.717) is 13.1 Å². The normalized spacial score (nSPS) is 15.4. The molecule has 1 heterocycles. The van der Waals surface area contributed by atoms with Gasteiger partial charge in [-0.1, -0.05) is 13.3 Å². The van der Waals surface area contributed by atoms with Crippen molar-refractivity contribution in [1.82, 2.24) is 5.32 Å². The second-order valence-electron chi connectivity index (χ2n) is 4.95. The number of fused-ring (bicyclic) bond motifs is 1. The second-order valence-corrected chi connectivity index (χ2v) is 6.18. The van der Waals surface area contributed by atoms with Gasteiger partial charge in [-0.25, -0.2) is 0 Å². The molecule has 0 spiro atoms. The molecule has 0 aliphatic heterocycles. The van der Waals surface area contributed by atoms with E-state index in [-0.39, 0.29) is 11.8 Å². The lowest BCUT2D eigenvalue weighted by Crippen LogP contribution is -2.34. The Labute approximate surface area is 113 Å². The van der Waals surface area contributed by atoms with Crippen LogP contribution in [0.4, 0.5) is 0 Å². The third kappa shape index (κ3) is 3.12. The Morgan fingerprint density at radius 3 is 3.06 bits per heavy atom. The average Bonchev–Trinajstić information content (AvgIpc) is 2.93. The SMILES string of the molecule is CCCC(CN)C(=O)NCc1cc2c(s1)CCC2. The molecule has 1 aliphatic rings. The average molecular weight is 266 g/mol. The van der Waals surface area contributed by atoms with Crippen LogP contribution in [0.25, 0.3) is 0 Å². The maximum Gasteiger partial charge on any atom is 0.224 e. The molecule has 0 aromatic carbocycles. The summed E-state index contributed by atoms with van der Waals surface area (Å²) in [4.78, 5) is 14.7. The Kier molecular flexibility index (Phi) is 4.78. The van der Waals surface area contributed by atoms with Crippen LogP contribution in [0.5, 0.6) is 0 Å². The van der Waals surface area contributed by atoms with E-state index < -0.39 is 0 Å². The van der Waals surface area contributed by atoms with Gasteiger partial charge in [0, 0.05) is 16.3 Å². The van der Waals surface area contributed by atoms with Crippen molar-refractivity contribution < 1.29 is 4.79 Å². The topological polar surface area (TPSA) is 55.1 Å². The van der Waals surface area contributed by atoms with Gasteiger partial charge in [0.25, 0.3) is 0 Å². The molecule has 1 aromatic heterocycles. The van der Waals surface area contributed by atoms with Crippen LogP contribution in [0.15, 0.2) is 6.07 Å². The zero-order valence-corrected chi connectivity index (χ0v) is 11.8. The Morgan fingerprint density at radius 1 is 1.56 bits per heavy atom. The van der Waals surface area contributed by atoms with Gasteiger partial charge < -0.3 is 11.1 Å². The number of hydrogen-bond acceptors (Lipinski definition) is 3. The molecule has 1 atom stereocenters. The number of amides is 1. The van der Waals surface area contributed by atoms with E-state index in [1.165, 1.54) is 34.6 Å². The molecule has 1 unspecified atom stereocenters. The first-order valence-electron chi connectivity index (χ1n) is 6.82. The number of nitrogens with two attached hydrogens (primary N) is 1. The van der Waals surface area contributed by atoms with Crippen LogP contribution in [0.1, 0.15) is 41.5 Å².